The van der Waals surface area contributed by atoms with Gasteiger partial charge in [-0.3, -0.25) is 9.59 Å². The highest BCUT2D eigenvalue weighted by Gasteiger charge is 2.90. The van der Waals surface area contributed by atoms with Gasteiger partial charge in [0, 0.05) is 12.8 Å². The van der Waals surface area contributed by atoms with Crippen LogP contribution >= 0.6 is 0 Å². The zero-order valence-corrected chi connectivity index (χ0v) is 23.0. The van der Waals surface area contributed by atoms with Crippen LogP contribution in [0.2, 0.25) is 0 Å². The van der Waals surface area contributed by atoms with E-state index in [-0.39, 0.29) is 19.3 Å². The van der Waals surface area contributed by atoms with E-state index in [1.807, 2.05) is 13.8 Å². The second-order valence-corrected chi connectivity index (χ2v) is 9.83. The molecule has 0 aliphatic heterocycles. The summed E-state index contributed by atoms with van der Waals surface area (Å²) in [6, 6.07) is 0. The monoisotopic (exact) mass is 646 g/mol. The molecule has 0 N–H and O–H groups in total. The summed E-state index contributed by atoms with van der Waals surface area (Å²) in [5.74, 6) is -40.3. The van der Waals surface area contributed by atoms with Gasteiger partial charge >= 0.3 is 47.7 Å². The number of esters is 2. The molecule has 0 radical (unpaired) electrons. The maximum absolute atomic E-state index is 14.4. The summed E-state index contributed by atoms with van der Waals surface area (Å²) >= 11 is 0. The minimum atomic E-state index is -8.04. The molecular weight excluding hydrogens is 611 g/mol. The minimum absolute atomic E-state index is 0.104. The molecule has 1 atom stereocenters. The summed E-state index contributed by atoms with van der Waals surface area (Å²) in [4.78, 5) is 23.9. The Bertz CT molecular complexity index is 830. The number of ether oxygens (including phenoxy) is 2. The first-order chi connectivity index (χ1) is 19.0. The van der Waals surface area contributed by atoms with Crippen molar-refractivity contribution in [2.24, 2.45) is 0 Å². The molecule has 0 aromatic carbocycles. The maximum atomic E-state index is 14.4. The minimum Gasteiger partial charge on any atom is -0.462 e. The van der Waals surface area contributed by atoms with Crippen LogP contribution in [0.4, 0.5) is 57.1 Å². The van der Waals surface area contributed by atoms with Gasteiger partial charge in [-0.25, -0.2) is 0 Å². The van der Waals surface area contributed by atoms with Crippen LogP contribution in [0.5, 0.6) is 0 Å². The van der Waals surface area contributed by atoms with Gasteiger partial charge in [-0.15, -0.1) is 0 Å². The Kier molecular flexibility index (Phi) is 15.4. The zero-order chi connectivity index (χ0) is 33.0. The quantitative estimate of drug-likeness (QED) is 0.0709. The summed E-state index contributed by atoms with van der Waals surface area (Å²) in [5.41, 5.74) is 0. The van der Waals surface area contributed by atoms with Crippen molar-refractivity contribution in [3.8, 4) is 0 Å². The van der Waals surface area contributed by atoms with Crippen LogP contribution in [0.1, 0.15) is 97.3 Å². The lowest BCUT2D eigenvalue weighted by Gasteiger charge is -2.40. The number of halogens is 13. The van der Waals surface area contributed by atoms with Crippen LogP contribution < -0.4 is 0 Å². The van der Waals surface area contributed by atoms with Gasteiger partial charge < -0.3 is 9.47 Å². The average Bonchev–Trinajstić information content (AvgIpc) is 2.85. The molecular formula is C25H35F13O4. The molecule has 42 heavy (non-hydrogen) atoms. The van der Waals surface area contributed by atoms with Gasteiger partial charge in [0.25, 0.3) is 0 Å². The number of hydrogen-bond acceptors (Lipinski definition) is 4. The number of unbranched alkanes of at least 4 members (excludes halogenated alkanes) is 8. The predicted molar refractivity (Wildman–Crippen MR) is 123 cm³/mol. The van der Waals surface area contributed by atoms with Crippen LogP contribution in [-0.2, 0) is 19.1 Å². The van der Waals surface area contributed by atoms with Crippen LogP contribution in [-0.4, -0.2) is 60.4 Å². The second-order valence-electron chi connectivity index (χ2n) is 9.83. The Morgan fingerprint density at radius 2 is 0.952 bits per heavy atom. The Hall–Kier alpha value is -1.97. The largest absolute Gasteiger partial charge is 0.462 e. The summed E-state index contributed by atoms with van der Waals surface area (Å²) in [7, 11) is 0. The SMILES string of the molecule is CCCCCCCC(=O)OCC(CC(F)(F)C(F)(F)C(F)(F)C(F)(F)C(F)(F)C(F)(F)F)OC(=O)CCCCCCC. The third-order valence-electron chi connectivity index (χ3n) is 6.18. The van der Waals surface area contributed by atoms with Gasteiger partial charge in [0.15, 0.2) is 0 Å². The molecule has 0 aromatic rings. The highest BCUT2D eigenvalue weighted by molar-refractivity contribution is 5.70. The van der Waals surface area contributed by atoms with E-state index < -0.39 is 73.3 Å². The summed E-state index contributed by atoms with van der Waals surface area (Å²) < 4.78 is 184. The lowest BCUT2D eigenvalue weighted by Crippen LogP contribution is -2.70. The molecule has 0 rings (SSSR count). The van der Waals surface area contributed by atoms with Gasteiger partial charge in [0.2, 0.25) is 0 Å². The molecule has 17 heteroatoms. The lowest BCUT2D eigenvalue weighted by atomic mass is 9.91. The number of alkyl halides is 13. The van der Waals surface area contributed by atoms with Crippen molar-refractivity contribution < 1.29 is 76.1 Å². The van der Waals surface area contributed by atoms with Crippen molar-refractivity contribution in [3.05, 3.63) is 0 Å². The van der Waals surface area contributed by atoms with E-state index in [0.29, 0.717) is 19.3 Å². The summed E-state index contributed by atoms with van der Waals surface area (Å²) in [5, 5.41) is 0. The standard InChI is InChI=1S/C25H35F13O4/c1-3-5-7-9-11-13-18(39)41-16-17(42-19(40)14-12-10-8-6-4-2)15-20(26,27)21(28,29)22(30,31)23(32,33)24(34,35)25(36,37)38/h17H,3-16H2,1-2H3. The van der Waals surface area contributed by atoms with Crippen molar-refractivity contribution in [1.82, 2.24) is 0 Å². The fourth-order valence-corrected chi connectivity index (χ4v) is 3.60. The first-order valence-electron chi connectivity index (χ1n) is 13.3. The molecule has 0 spiro atoms. The van der Waals surface area contributed by atoms with Crippen molar-refractivity contribution in [2.45, 2.75) is 139 Å². The molecule has 0 aliphatic rings. The Morgan fingerprint density at radius 3 is 1.38 bits per heavy atom. The molecule has 0 saturated heterocycles. The highest BCUT2D eigenvalue weighted by Crippen LogP contribution is 2.60. The van der Waals surface area contributed by atoms with Crippen molar-refractivity contribution in [1.29, 1.82) is 0 Å². The van der Waals surface area contributed by atoms with E-state index in [1.54, 1.807) is 0 Å². The van der Waals surface area contributed by atoms with E-state index in [4.69, 9.17) is 0 Å². The normalized spacial score (nSPS) is 14.5. The zero-order valence-electron chi connectivity index (χ0n) is 23.0. The molecule has 0 fully saturated rings. The first kappa shape index (κ1) is 40.0. The highest BCUT2D eigenvalue weighted by atomic mass is 19.4. The smallest absolute Gasteiger partial charge is 0.460 e. The van der Waals surface area contributed by atoms with Gasteiger partial charge in [0.05, 0.1) is 6.42 Å². The van der Waals surface area contributed by atoms with Crippen molar-refractivity contribution >= 4 is 11.9 Å². The Balaban J connectivity index is 5.88. The molecule has 0 amide bonds. The second kappa shape index (κ2) is 16.2. The average molecular weight is 647 g/mol. The van der Waals surface area contributed by atoms with Gasteiger partial charge in [0.1, 0.15) is 12.7 Å². The third-order valence-corrected chi connectivity index (χ3v) is 6.18. The molecule has 1 unspecified atom stereocenters. The number of hydrogen-bond donors (Lipinski definition) is 0. The molecule has 0 aliphatic carbocycles. The van der Waals surface area contributed by atoms with E-state index in [1.165, 1.54) is 0 Å². The molecule has 0 aromatic heterocycles. The fourth-order valence-electron chi connectivity index (χ4n) is 3.60. The summed E-state index contributed by atoms with van der Waals surface area (Å²) in [6.45, 7) is 2.33. The number of rotatable bonds is 21. The van der Waals surface area contributed by atoms with E-state index in [0.717, 1.165) is 32.1 Å². The van der Waals surface area contributed by atoms with E-state index >= 15 is 0 Å². The van der Waals surface area contributed by atoms with Crippen molar-refractivity contribution in [2.75, 3.05) is 6.61 Å². The molecule has 0 bridgehead atoms. The number of carbonyl (C=O) groups excluding carboxylic acids is 2. The van der Waals surface area contributed by atoms with Crippen LogP contribution in [0.25, 0.3) is 0 Å². The fraction of sp³-hybridized carbons (Fsp3) is 0.920. The molecule has 0 saturated carbocycles. The molecule has 4 nitrogen and oxygen atoms in total. The summed E-state index contributed by atoms with van der Waals surface area (Å²) in [6.07, 6.45) is -7.88. The van der Waals surface area contributed by atoms with Gasteiger partial charge in [-0.2, -0.15) is 57.1 Å². The Morgan fingerprint density at radius 1 is 0.548 bits per heavy atom. The van der Waals surface area contributed by atoms with Crippen LogP contribution in [0.15, 0.2) is 0 Å². The maximum Gasteiger partial charge on any atom is 0.460 e. The molecule has 250 valence electrons. The van der Waals surface area contributed by atoms with Gasteiger partial charge in [-0.05, 0) is 12.8 Å². The number of carbonyl (C=O) groups is 2. The Labute approximate surface area is 234 Å². The first-order valence-corrected chi connectivity index (χ1v) is 13.3. The van der Waals surface area contributed by atoms with Gasteiger partial charge in [-0.1, -0.05) is 65.2 Å². The third kappa shape index (κ3) is 10.3. The lowest BCUT2D eigenvalue weighted by molar-refractivity contribution is -0.440. The van der Waals surface area contributed by atoms with Crippen molar-refractivity contribution in [3.63, 3.8) is 0 Å². The predicted octanol–water partition coefficient (Wildman–Crippen LogP) is 9.29. The van der Waals surface area contributed by atoms with E-state index in [9.17, 15) is 66.7 Å². The topological polar surface area (TPSA) is 52.6 Å². The van der Waals surface area contributed by atoms with Crippen LogP contribution in [0, 0.1) is 0 Å². The van der Waals surface area contributed by atoms with E-state index in [2.05, 4.69) is 9.47 Å². The van der Waals surface area contributed by atoms with Crippen LogP contribution in [0.3, 0.4) is 0 Å². The molecule has 0 heterocycles.